The van der Waals surface area contributed by atoms with Crippen molar-refractivity contribution in [2.45, 2.75) is 26.4 Å². The number of rotatable bonds is 6. The molecule has 0 spiro atoms. The lowest BCUT2D eigenvalue weighted by molar-refractivity contribution is 0.242. The van der Waals surface area contributed by atoms with Gasteiger partial charge < -0.3 is 15.8 Å². The molecular formula is C18H23ClIN3O. The minimum absolute atomic E-state index is 0. The Balaban J connectivity index is 0.00000288. The van der Waals surface area contributed by atoms with E-state index in [1.54, 1.807) is 0 Å². The standard InChI is InChI=1S/C18H22ClN3O.HI/c1-13(2)23-17-9-7-16(8-10-17)22-18(20)21-12-11-14-3-5-15(19)6-4-14;/h3-10,13H,11-12H2,1-2H3,(H3,20,21,22);1H. The van der Waals surface area contributed by atoms with Gasteiger partial charge in [0, 0.05) is 17.3 Å². The van der Waals surface area contributed by atoms with Gasteiger partial charge in [0.2, 0.25) is 0 Å². The fourth-order valence-corrected chi connectivity index (χ4v) is 2.16. The molecule has 0 atom stereocenters. The van der Waals surface area contributed by atoms with Crippen LogP contribution in [0.4, 0.5) is 5.69 Å². The van der Waals surface area contributed by atoms with Crippen LogP contribution >= 0.6 is 35.6 Å². The molecule has 0 amide bonds. The number of nitrogens with zero attached hydrogens (tertiary/aromatic N) is 1. The van der Waals surface area contributed by atoms with Crippen LogP contribution in [0.3, 0.4) is 0 Å². The summed E-state index contributed by atoms with van der Waals surface area (Å²) in [5.74, 6) is 1.24. The van der Waals surface area contributed by atoms with Crippen LogP contribution in [0.1, 0.15) is 19.4 Å². The summed E-state index contributed by atoms with van der Waals surface area (Å²) in [6.07, 6.45) is 0.981. The Kier molecular flexibility index (Phi) is 8.92. The first-order valence-corrected chi connectivity index (χ1v) is 7.99. The molecule has 0 aliphatic heterocycles. The topological polar surface area (TPSA) is 59.6 Å². The van der Waals surface area contributed by atoms with E-state index in [1.165, 1.54) is 5.56 Å². The van der Waals surface area contributed by atoms with Crippen LogP contribution < -0.4 is 15.8 Å². The molecule has 0 fully saturated rings. The monoisotopic (exact) mass is 459 g/mol. The van der Waals surface area contributed by atoms with Gasteiger partial charge in [-0.3, -0.25) is 4.99 Å². The van der Waals surface area contributed by atoms with Gasteiger partial charge in [-0.25, -0.2) is 0 Å². The molecule has 0 aliphatic carbocycles. The zero-order chi connectivity index (χ0) is 16.7. The second-order valence-corrected chi connectivity index (χ2v) is 5.90. The second-order valence-electron chi connectivity index (χ2n) is 5.46. The number of guanidine groups is 1. The van der Waals surface area contributed by atoms with Crippen molar-refractivity contribution >= 4 is 47.2 Å². The molecule has 2 aromatic rings. The zero-order valence-corrected chi connectivity index (χ0v) is 16.9. The molecule has 0 aromatic heterocycles. The molecular weight excluding hydrogens is 437 g/mol. The first-order chi connectivity index (χ1) is 11.0. The third-order valence-corrected chi connectivity index (χ3v) is 3.35. The summed E-state index contributed by atoms with van der Waals surface area (Å²) in [5.41, 5.74) is 7.96. The van der Waals surface area contributed by atoms with Crippen LogP contribution in [0, 0.1) is 0 Å². The van der Waals surface area contributed by atoms with Gasteiger partial charge in [0.15, 0.2) is 5.96 Å². The lowest BCUT2D eigenvalue weighted by Crippen LogP contribution is -2.23. The van der Waals surface area contributed by atoms with Gasteiger partial charge in [0.1, 0.15) is 5.75 Å². The normalized spacial score (nSPS) is 11.1. The largest absolute Gasteiger partial charge is 0.491 e. The zero-order valence-electron chi connectivity index (χ0n) is 13.8. The summed E-state index contributed by atoms with van der Waals surface area (Å²) in [5, 5.41) is 3.81. The van der Waals surface area contributed by atoms with E-state index in [-0.39, 0.29) is 30.1 Å². The van der Waals surface area contributed by atoms with Crippen molar-refractivity contribution in [1.29, 1.82) is 0 Å². The van der Waals surface area contributed by atoms with Gasteiger partial charge in [0.05, 0.1) is 6.10 Å². The van der Waals surface area contributed by atoms with Gasteiger partial charge in [-0.05, 0) is 62.2 Å². The Bertz CT molecular complexity index is 642. The number of aliphatic imine (C=N–C) groups is 1. The molecule has 0 heterocycles. The van der Waals surface area contributed by atoms with Crippen LogP contribution in [0.5, 0.6) is 5.75 Å². The lowest BCUT2D eigenvalue weighted by atomic mass is 10.1. The number of halogens is 2. The third kappa shape index (κ3) is 7.40. The molecule has 24 heavy (non-hydrogen) atoms. The Morgan fingerprint density at radius 3 is 2.33 bits per heavy atom. The molecule has 0 aliphatic rings. The summed E-state index contributed by atoms with van der Waals surface area (Å²) in [6, 6.07) is 15.4. The van der Waals surface area contributed by atoms with Crippen LogP contribution in [-0.2, 0) is 6.42 Å². The Morgan fingerprint density at radius 1 is 1.12 bits per heavy atom. The Labute approximate surface area is 165 Å². The van der Waals surface area contributed by atoms with E-state index in [9.17, 15) is 0 Å². The summed E-state index contributed by atoms with van der Waals surface area (Å²) < 4.78 is 5.60. The minimum Gasteiger partial charge on any atom is -0.491 e. The van der Waals surface area contributed by atoms with E-state index in [2.05, 4.69) is 10.3 Å². The molecule has 0 saturated heterocycles. The smallest absolute Gasteiger partial charge is 0.193 e. The number of ether oxygens (including phenoxy) is 1. The average Bonchev–Trinajstić information content (AvgIpc) is 2.51. The van der Waals surface area contributed by atoms with Crippen LogP contribution in [0.2, 0.25) is 5.02 Å². The molecule has 4 nitrogen and oxygen atoms in total. The predicted molar refractivity (Wildman–Crippen MR) is 113 cm³/mol. The molecule has 0 saturated carbocycles. The van der Waals surface area contributed by atoms with E-state index in [1.807, 2.05) is 62.4 Å². The lowest BCUT2D eigenvalue weighted by Gasteiger charge is -2.11. The molecule has 0 bridgehead atoms. The first kappa shape index (κ1) is 20.6. The molecule has 0 radical (unpaired) electrons. The first-order valence-electron chi connectivity index (χ1n) is 7.61. The van der Waals surface area contributed by atoms with Crippen LogP contribution in [0.25, 0.3) is 0 Å². The van der Waals surface area contributed by atoms with Gasteiger partial charge in [0.25, 0.3) is 0 Å². The molecule has 0 unspecified atom stereocenters. The Hall–Kier alpha value is -1.47. The maximum atomic E-state index is 5.90. The van der Waals surface area contributed by atoms with Crippen LogP contribution in [-0.4, -0.2) is 18.6 Å². The van der Waals surface area contributed by atoms with Crippen molar-refractivity contribution in [3.05, 3.63) is 59.1 Å². The quantitative estimate of drug-likeness (QED) is 0.373. The predicted octanol–water partition coefficient (Wildman–Crippen LogP) is 4.71. The fraction of sp³-hybridized carbons (Fsp3) is 0.278. The third-order valence-electron chi connectivity index (χ3n) is 3.09. The maximum absolute atomic E-state index is 5.90. The molecule has 3 N–H and O–H groups in total. The van der Waals surface area contributed by atoms with Crippen molar-refractivity contribution in [2.75, 3.05) is 11.9 Å². The van der Waals surface area contributed by atoms with E-state index in [0.29, 0.717) is 12.5 Å². The van der Waals surface area contributed by atoms with Gasteiger partial charge in [-0.2, -0.15) is 0 Å². The highest BCUT2D eigenvalue weighted by Gasteiger charge is 1.99. The Morgan fingerprint density at radius 2 is 1.75 bits per heavy atom. The van der Waals surface area contributed by atoms with Crippen molar-refractivity contribution < 1.29 is 4.74 Å². The van der Waals surface area contributed by atoms with E-state index < -0.39 is 0 Å². The molecule has 6 heteroatoms. The van der Waals surface area contributed by atoms with Gasteiger partial charge in [-0.15, -0.1) is 24.0 Å². The number of benzene rings is 2. The van der Waals surface area contributed by atoms with Crippen molar-refractivity contribution in [3.8, 4) is 5.75 Å². The van der Waals surface area contributed by atoms with Gasteiger partial charge in [-0.1, -0.05) is 23.7 Å². The van der Waals surface area contributed by atoms with E-state index >= 15 is 0 Å². The van der Waals surface area contributed by atoms with Crippen molar-refractivity contribution in [3.63, 3.8) is 0 Å². The summed E-state index contributed by atoms with van der Waals surface area (Å²) in [4.78, 5) is 4.33. The number of anilines is 1. The SMILES string of the molecule is CC(C)Oc1ccc(NC(N)=NCCc2ccc(Cl)cc2)cc1.I. The van der Waals surface area contributed by atoms with E-state index in [0.717, 1.165) is 22.9 Å². The number of hydrogen-bond donors (Lipinski definition) is 2. The molecule has 2 aromatic carbocycles. The maximum Gasteiger partial charge on any atom is 0.193 e. The average molecular weight is 460 g/mol. The van der Waals surface area contributed by atoms with Crippen molar-refractivity contribution in [2.24, 2.45) is 10.7 Å². The minimum atomic E-state index is 0. The van der Waals surface area contributed by atoms with Crippen molar-refractivity contribution in [1.82, 2.24) is 0 Å². The molecule has 130 valence electrons. The molecule has 2 rings (SSSR count). The van der Waals surface area contributed by atoms with E-state index in [4.69, 9.17) is 22.1 Å². The summed E-state index contributed by atoms with van der Waals surface area (Å²) >= 11 is 5.86. The second kappa shape index (κ2) is 10.4. The van der Waals surface area contributed by atoms with Gasteiger partial charge >= 0.3 is 0 Å². The number of nitrogens with one attached hydrogen (secondary N) is 1. The highest BCUT2D eigenvalue weighted by Crippen LogP contribution is 2.16. The summed E-state index contributed by atoms with van der Waals surface area (Å²) in [7, 11) is 0. The summed E-state index contributed by atoms with van der Waals surface area (Å²) in [6.45, 7) is 4.62. The highest BCUT2D eigenvalue weighted by molar-refractivity contribution is 14.0. The fourth-order valence-electron chi connectivity index (χ4n) is 2.03. The number of hydrogen-bond acceptors (Lipinski definition) is 2. The number of nitrogens with two attached hydrogens (primary N) is 1. The highest BCUT2D eigenvalue weighted by atomic mass is 127. The van der Waals surface area contributed by atoms with Crippen LogP contribution in [0.15, 0.2) is 53.5 Å².